The van der Waals surface area contributed by atoms with Crippen LogP contribution in [0.15, 0.2) is 70.5 Å². The van der Waals surface area contributed by atoms with Crippen molar-refractivity contribution in [3.8, 4) is 33.6 Å². The van der Waals surface area contributed by atoms with E-state index in [0.717, 1.165) is 70.2 Å². The monoisotopic (exact) mass is 1090 g/mol. The first-order valence-corrected chi connectivity index (χ1v) is 25.8. The maximum absolute atomic E-state index is 13.7. The van der Waals surface area contributed by atoms with Crippen LogP contribution in [0.25, 0.3) is 22.1 Å². The molecule has 3 aromatic heterocycles. The van der Waals surface area contributed by atoms with Crippen LogP contribution in [0.1, 0.15) is 95.8 Å². The lowest BCUT2D eigenvalue weighted by Crippen LogP contribution is -2.42. The van der Waals surface area contributed by atoms with Crippen LogP contribution in [0.3, 0.4) is 0 Å². The summed E-state index contributed by atoms with van der Waals surface area (Å²) in [6.07, 6.45) is -2.83. The largest absolute Gasteiger partial charge is 0.508 e. The number of amides is 3. The first kappa shape index (κ1) is 54.9. The molecule has 2 saturated heterocycles. The van der Waals surface area contributed by atoms with Crippen molar-refractivity contribution in [2.75, 3.05) is 39.3 Å². The SMILES string of the molecule is Cc1sc2c(c1C)C(c1ccc(Cl)cc1)=N[C@@H](CC(=O)NCC(=O)NCC1CCN(C(=O)C3CCN(Cc4ccc(-n5c(-c6cc(C(C)C)c(O)cc6O)n[nH]c5=O)cc4)CC3)C1)c1nnc(C)n1-2.O=C(O)C(F)(F)F. The molecule has 3 amide bonds. The molecule has 2 fully saturated rings. The Labute approximate surface area is 443 Å². The number of hydrogen-bond donors (Lipinski definition) is 6. The van der Waals surface area contributed by atoms with Crippen LogP contribution in [0, 0.1) is 32.6 Å². The first-order chi connectivity index (χ1) is 36.1. The van der Waals surface area contributed by atoms with Crippen molar-refractivity contribution in [1.29, 1.82) is 0 Å². The van der Waals surface area contributed by atoms with E-state index >= 15 is 0 Å². The van der Waals surface area contributed by atoms with Gasteiger partial charge in [-0.15, -0.1) is 21.5 Å². The number of aromatic hydroxyl groups is 2. The van der Waals surface area contributed by atoms with Gasteiger partial charge in [-0.05, 0) is 112 Å². The van der Waals surface area contributed by atoms with E-state index in [1.165, 1.54) is 10.6 Å². The number of aromatic nitrogens is 6. The van der Waals surface area contributed by atoms with Crippen LogP contribution in [0.2, 0.25) is 5.02 Å². The molecule has 6 aromatic rings. The van der Waals surface area contributed by atoms with E-state index < -0.39 is 23.9 Å². The number of phenolic OH excluding ortho intramolecular Hbond substituents is 2. The van der Waals surface area contributed by atoms with Crippen molar-refractivity contribution >= 4 is 52.3 Å². The van der Waals surface area contributed by atoms with Gasteiger partial charge < -0.3 is 30.9 Å². The zero-order valence-corrected chi connectivity index (χ0v) is 43.8. The molecule has 0 bridgehead atoms. The van der Waals surface area contributed by atoms with Gasteiger partial charge in [0, 0.05) is 59.2 Å². The van der Waals surface area contributed by atoms with Gasteiger partial charge in [0.2, 0.25) is 17.7 Å². The number of hydrogen-bond acceptors (Lipinski definition) is 13. The second-order valence-electron chi connectivity index (χ2n) is 19.4. The maximum atomic E-state index is 13.7. The Morgan fingerprint density at radius 2 is 1.58 bits per heavy atom. The number of carbonyl (C=O) groups excluding carboxylic acids is 3. The minimum absolute atomic E-state index is 0.0143. The predicted molar refractivity (Wildman–Crippen MR) is 277 cm³/mol. The number of aromatic amines is 1. The second-order valence-corrected chi connectivity index (χ2v) is 21.1. The molecule has 6 N–H and O–H groups in total. The molecule has 402 valence electrons. The highest BCUT2D eigenvalue weighted by Gasteiger charge is 2.38. The summed E-state index contributed by atoms with van der Waals surface area (Å²) in [4.78, 5) is 72.5. The first-order valence-electron chi connectivity index (χ1n) is 24.6. The standard InChI is InChI=1S/C50H56ClN11O6S.C2HF3O2/c1-27(2)37-20-38(41(64)22-40(37)63)46-56-58-50(68)62(46)36-12-6-31(7-13-36)25-59-17-15-34(16-18-59)48(67)60-19-14-32(26-60)23-52-43(66)24-53-42(65)21-39-47-57-55-30(5)61(47)49-44(28(3)29(4)69-49)45(54-39)33-8-10-35(51)11-9-33;3-2(4,5)1(6)7/h6-13,20,22,27,32,34,39,63-64H,14-19,21,23-26H2,1-5H3,(H,52,66)(H,53,65)(H,58,68);(H,6,7)/t32?,39-;/m0./s1. The molecule has 3 aliphatic rings. The third-order valence-corrected chi connectivity index (χ3v) is 15.3. The highest BCUT2D eigenvalue weighted by atomic mass is 35.5. The number of nitrogens with zero attached hydrogens (tertiary/aromatic N) is 8. The average molecular weight is 1090 g/mol. The number of rotatable bonds is 13. The smallest absolute Gasteiger partial charge is 0.490 e. The van der Waals surface area contributed by atoms with E-state index in [4.69, 9.17) is 26.5 Å². The molecule has 0 saturated carbocycles. The summed E-state index contributed by atoms with van der Waals surface area (Å²) in [5.74, 6) is -1.91. The summed E-state index contributed by atoms with van der Waals surface area (Å²) < 4.78 is 35.1. The van der Waals surface area contributed by atoms with Crippen LogP contribution in [0.5, 0.6) is 11.5 Å². The molecule has 6 heterocycles. The minimum atomic E-state index is -5.08. The van der Waals surface area contributed by atoms with Gasteiger partial charge in [0.25, 0.3) is 0 Å². The number of carboxylic acid groups (broad SMARTS) is 1. The Hall–Kier alpha value is -7.37. The topological polar surface area (TPSA) is 253 Å². The Kier molecular flexibility index (Phi) is 16.5. The van der Waals surface area contributed by atoms with Crippen molar-refractivity contribution in [2.45, 2.75) is 85.0 Å². The molecule has 0 spiro atoms. The summed E-state index contributed by atoms with van der Waals surface area (Å²) in [6.45, 7) is 13.6. The van der Waals surface area contributed by atoms with Gasteiger partial charge in [0.15, 0.2) is 11.6 Å². The zero-order valence-electron chi connectivity index (χ0n) is 42.2. The third-order valence-electron chi connectivity index (χ3n) is 13.8. The number of carbonyl (C=O) groups is 4. The van der Waals surface area contributed by atoms with Crippen LogP contribution >= 0.6 is 22.9 Å². The quantitative estimate of drug-likeness (QED) is 0.0692. The molecule has 3 aliphatic heterocycles. The van der Waals surface area contributed by atoms with E-state index in [-0.39, 0.29) is 65.8 Å². The van der Waals surface area contributed by atoms with Crippen molar-refractivity contribution in [3.63, 3.8) is 0 Å². The molecule has 0 radical (unpaired) electrons. The molecule has 19 nitrogen and oxygen atoms in total. The molecular weight excluding hydrogens is 1030 g/mol. The fourth-order valence-corrected chi connectivity index (χ4v) is 11.0. The van der Waals surface area contributed by atoms with Gasteiger partial charge in [0.1, 0.15) is 28.4 Å². The lowest BCUT2D eigenvalue weighted by molar-refractivity contribution is -0.192. The molecule has 2 atom stereocenters. The number of halogens is 4. The molecule has 1 unspecified atom stereocenters. The van der Waals surface area contributed by atoms with Crippen LogP contribution in [0.4, 0.5) is 13.2 Å². The number of piperidine rings is 1. The molecule has 76 heavy (non-hydrogen) atoms. The lowest BCUT2D eigenvalue weighted by atomic mass is 9.95. The van der Waals surface area contributed by atoms with Gasteiger partial charge in [0.05, 0.1) is 29.9 Å². The van der Waals surface area contributed by atoms with Crippen molar-refractivity contribution in [3.05, 3.63) is 121 Å². The fourth-order valence-electron chi connectivity index (χ4n) is 9.64. The van der Waals surface area contributed by atoms with Crippen LogP contribution < -0.4 is 16.3 Å². The van der Waals surface area contributed by atoms with Crippen molar-refractivity contribution in [2.24, 2.45) is 16.8 Å². The summed E-state index contributed by atoms with van der Waals surface area (Å²) in [6, 6.07) is 17.4. The van der Waals surface area contributed by atoms with Gasteiger partial charge in [-0.25, -0.2) is 19.3 Å². The van der Waals surface area contributed by atoms with Crippen molar-refractivity contribution < 1.29 is 47.7 Å². The number of aliphatic carboxylic acids is 1. The molecule has 9 rings (SSSR count). The zero-order chi connectivity index (χ0) is 54.7. The number of alkyl halides is 3. The molecule has 3 aromatic carbocycles. The average Bonchev–Trinajstić information content (AvgIpc) is 4.19. The van der Waals surface area contributed by atoms with Crippen molar-refractivity contribution in [1.82, 2.24) is 50.0 Å². The summed E-state index contributed by atoms with van der Waals surface area (Å²) >= 11 is 7.88. The Morgan fingerprint density at radius 1 is 0.895 bits per heavy atom. The number of aryl methyl sites for hydroxylation is 2. The number of benzene rings is 3. The van der Waals surface area contributed by atoms with E-state index in [1.807, 2.05) is 78.8 Å². The third kappa shape index (κ3) is 12.2. The van der Waals surface area contributed by atoms with E-state index in [1.54, 1.807) is 17.4 Å². The highest BCUT2D eigenvalue weighted by Crippen LogP contribution is 2.40. The van der Waals surface area contributed by atoms with E-state index in [0.29, 0.717) is 59.7 Å². The normalized spacial score (nSPS) is 16.8. The van der Waals surface area contributed by atoms with Gasteiger partial charge in [-0.1, -0.05) is 49.7 Å². The number of thiophene rings is 1. The Balaban J connectivity index is 0.00000102. The minimum Gasteiger partial charge on any atom is -0.508 e. The predicted octanol–water partition coefficient (Wildman–Crippen LogP) is 6.89. The number of phenols is 2. The Bertz CT molecular complexity index is 3230. The molecule has 24 heteroatoms. The summed E-state index contributed by atoms with van der Waals surface area (Å²) in [7, 11) is 0. The molecular formula is C52H57ClF3N11O8S. The van der Waals surface area contributed by atoms with Crippen LogP contribution in [-0.2, 0) is 25.7 Å². The number of carboxylic acids is 1. The maximum Gasteiger partial charge on any atom is 0.490 e. The number of nitrogens with one attached hydrogen (secondary N) is 3. The molecule has 0 aliphatic carbocycles. The number of H-pyrrole nitrogens is 1. The van der Waals surface area contributed by atoms with E-state index in [2.05, 4.69) is 49.8 Å². The van der Waals surface area contributed by atoms with Gasteiger partial charge in [-0.3, -0.25) is 28.8 Å². The summed E-state index contributed by atoms with van der Waals surface area (Å²) in [5.41, 5.74) is 5.84. The second kappa shape index (κ2) is 22.8. The van der Waals surface area contributed by atoms with Gasteiger partial charge in [-0.2, -0.15) is 18.3 Å². The fraction of sp³-hybridized carbons (Fsp3) is 0.404. The lowest BCUT2D eigenvalue weighted by Gasteiger charge is -2.33. The number of fused-ring (bicyclic) bond motifs is 3. The number of likely N-dealkylation sites (tertiary alicyclic amines) is 2. The number of aliphatic imine (C=N–C) groups is 1. The van der Waals surface area contributed by atoms with Gasteiger partial charge >= 0.3 is 17.8 Å². The van der Waals surface area contributed by atoms with E-state index in [9.17, 15) is 42.6 Å². The summed E-state index contributed by atoms with van der Waals surface area (Å²) in [5, 5.41) is 51.0. The van der Waals surface area contributed by atoms with Crippen LogP contribution in [-0.4, -0.2) is 129 Å². The Morgan fingerprint density at radius 3 is 2.24 bits per heavy atom. The highest BCUT2D eigenvalue weighted by molar-refractivity contribution is 7.15.